The number of anilines is 2. The first-order chi connectivity index (χ1) is 6.31. The Morgan fingerprint density at radius 3 is 2.62 bits per heavy atom. The van der Waals surface area contributed by atoms with Gasteiger partial charge in [0.15, 0.2) is 0 Å². The highest BCUT2D eigenvalue weighted by molar-refractivity contribution is 5.47. The maximum atomic E-state index is 5.24. The van der Waals surface area contributed by atoms with Gasteiger partial charge in [-0.15, -0.1) is 0 Å². The van der Waals surface area contributed by atoms with Crippen molar-refractivity contribution in [2.75, 3.05) is 23.4 Å². The Kier molecular flexibility index (Phi) is 3.45. The highest BCUT2D eigenvalue weighted by Gasteiger charge is 2.03. The fourth-order valence-corrected chi connectivity index (χ4v) is 1.15. The third-order valence-electron chi connectivity index (χ3n) is 1.89. The minimum Gasteiger partial charge on any atom is -0.357 e. The van der Waals surface area contributed by atoms with Crippen LogP contribution in [-0.2, 0) is 0 Å². The molecule has 5 nitrogen and oxygen atoms in total. The number of hydrogen-bond acceptors (Lipinski definition) is 5. The Balaban J connectivity index is 2.86. The molecule has 0 unspecified atom stereocenters. The molecule has 0 saturated heterocycles. The van der Waals surface area contributed by atoms with Crippen LogP contribution in [0.15, 0.2) is 12.4 Å². The maximum Gasteiger partial charge on any atom is 0.145 e. The highest BCUT2D eigenvalue weighted by atomic mass is 15.3. The van der Waals surface area contributed by atoms with Crippen LogP contribution >= 0.6 is 0 Å². The second-order valence-electron chi connectivity index (χ2n) is 2.58. The molecule has 0 fully saturated rings. The van der Waals surface area contributed by atoms with Gasteiger partial charge in [-0.1, -0.05) is 0 Å². The first kappa shape index (κ1) is 9.73. The van der Waals surface area contributed by atoms with Gasteiger partial charge in [-0.2, -0.15) is 0 Å². The van der Waals surface area contributed by atoms with E-state index in [0.717, 1.165) is 18.9 Å². The lowest BCUT2D eigenvalue weighted by molar-refractivity contribution is 0.841. The number of hydrogen-bond donors (Lipinski definition) is 2. The number of nitrogens with one attached hydrogen (secondary N) is 1. The van der Waals surface area contributed by atoms with Crippen LogP contribution in [-0.4, -0.2) is 23.1 Å². The summed E-state index contributed by atoms with van der Waals surface area (Å²) in [6, 6.07) is 1.83. The van der Waals surface area contributed by atoms with Crippen LogP contribution in [0.4, 0.5) is 11.6 Å². The lowest BCUT2D eigenvalue weighted by Crippen LogP contribution is -2.23. The molecule has 0 aliphatic rings. The SMILES string of the molecule is CCN(CC)c1cc(NN)ncn1. The molecule has 0 aliphatic carbocycles. The van der Waals surface area contributed by atoms with Gasteiger partial charge in [-0.3, -0.25) is 0 Å². The molecular weight excluding hydrogens is 166 g/mol. The van der Waals surface area contributed by atoms with E-state index in [-0.39, 0.29) is 0 Å². The Morgan fingerprint density at radius 2 is 2.08 bits per heavy atom. The molecule has 0 radical (unpaired) electrons. The predicted molar refractivity (Wildman–Crippen MR) is 53.4 cm³/mol. The van der Waals surface area contributed by atoms with Gasteiger partial charge in [0.25, 0.3) is 0 Å². The van der Waals surface area contributed by atoms with Crippen molar-refractivity contribution in [3.63, 3.8) is 0 Å². The van der Waals surface area contributed by atoms with Gasteiger partial charge in [0.05, 0.1) is 0 Å². The number of rotatable bonds is 4. The summed E-state index contributed by atoms with van der Waals surface area (Å²) in [4.78, 5) is 10.2. The van der Waals surface area contributed by atoms with Crippen LogP contribution in [0, 0.1) is 0 Å². The van der Waals surface area contributed by atoms with Gasteiger partial charge in [0, 0.05) is 19.2 Å². The molecule has 0 aromatic carbocycles. The molecule has 0 bridgehead atoms. The van der Waals surface area contributed by atoms with Crippen molar-refractivity contribution < 1.29 is 0 Å². The zero-order valence-corrected chi connectivity index (χ0v) is 7.99. The van der Waals surface area contributed by atoms with Gasteiger partial charge in [0.1, 0.15) is 18.0 Å². The summed E-state index contributed by atoms with van der Waals surface area (Å²) in [5, 5.41) is 0. The Hall–Kier alpha value is -1.36. The van der Waals surface area contributed by atoms with Crippen molar-refractivity contribution in [3.8, 4) is 0 Å². The standard InChI is InChI=1S/C8H15N5/c1-3-13(4-2)8-5-7(12-9)10-6-11-8/h5-6H,3-4,9H2,1-2H3,(H,10,11,12). The third-order valence-corrected chi connectivity index (χ3v) is 1.89. The Bertz CT molecular complexity index is 258. The van der Waals surface area contributed by atoms with Gasteiger partial charge >= 0.3 is 0 Å². The van der Waals surface area contributed by atoms with Gasteiger partial charge in [-0.25, -0.2) is 15.8 Å². The molecule has 5 heteroatoms. The van der Waals surface area contributed by atoms with E-state index in [1.807, 2.05) is 6.07 Å². The van der Waals surface area contributed by atoms with Crippen molar-refractivity contribution in [3.05, 3.63) is 12.4 Å². The van der Waals surface area contributed by atoms with Crippen LogP contribution in [0.25, 0.3) is 0 Å². The minimum atomic E-state index is 0.636. The fourth-order valence-electron chi connectivity index (χ4n) is 1.15. The third kappa shape index (κ3) is 2.29. The van der Waals surface area contributed by atoms with Crippen LogP contribution in [0.3, 0.4) is 0 Å². The van der Waals surface area contributed by atoms with Crippen LogP contribution in [0.5, 0.6) is 0 Å². The molecular formula is C8H15N5. The Labute approximate surface area is 78.0 Å². The van der Waals surface area contributed by atoms with E-state index in [1.165, 1.54) is 6.33 Å². The summed E-state index contributed by atoms with van der Waals surface area (Å²) in [6.07, 6.45) is 1.50. The first-order valence-corrected chi connectivity index (χ1v) is 4.35. The molecule has 1 rings (SSSR count). The summed E-state index contributed by atoms with van der Waals surface area (Å²) in [6.45, 7) is 6.03. The molecule has 0 aliphatic heterocycles. The molecule has 0 amide bonds. The van der Waals surface area contributed by atoms with Crippen LogP contribution < -0.4 is 16.2 Å². The number of nitrogens with zero attached hydrogens (tertiary/aromatic N) is 3. The lowest BCUT2D eigenvalue weighted by Gasteiger charge is -2.19. The molecule has 1 aromatic heterocycles. The summed E-state index contributed by atoms with van der Waals surface area (Å²) in [7, 11) is 0. The lowest BCUT2D eigenvalue weighted by atomic mass is 10.4. The number of hydrazine groups is 1. The maximum absolute atomic E-state index is 5.24. The van der Waals surface area contributed by atoms with E-state index in [1.54, 1.807) is 0 Å². The fraction of sp³-hybridized carbons (Fsp3) is 0.500. The van der Waals surface area contributed by atoms with E-state index in [9.17, 15) is 0 Å². The molecule has 13 heavy (non-hydrogen) atoms. The average Bonchev–Trinajstić information content (AvgIpc) is 2.20. The van der Waals surface area contributed by atoms with E-state index >= 15 is 0 Å². The Morgan fingerprint density at radius 1 is 1.38 bits per heavy atom. The number of nitrogens with two attached hydrogens (primary N) is 1. The number of nitrogen functional groups attached to an aromatic ring is 1. The van der Waals surface area contributed by atoms with E-state index in [4.69, 9.17) is 5.84 Å². The van der Waals surface area contributed by atoms with E-state index < -0.39 is 0 Å². The van der Waals surface area contributed by atoms with Crippen LogP contribution in [0.1, 0.15) is 13.8 Å². The number of aromatic nitrogens is 2. The van der Waals surface area contributed by atoms with Gasteiger partial charge in [0.2, 0.25) is 0 Å². The molecule has 1 heterocycles. The van der Waals surface area contributed by atoms with Crippen molar-refractivity contribution >= 4 is 11.6 Å². The molecule has 3 N–H and O–H groups in total. The first-order valence-electron chi connectivity index (χ1n) is 4.35. The average molecular weight is 181 g/mol. The second-order valence-corrected chi connectivity index (χ2v) is 2.58. The monoisotopic (exact) mass is 181 g/mol. The molecule has 0 spiro atoms. The van der Waals surface area contributed by atoms with E-state index in [2.05, 4.69) is 34.1 Å². The normalized spacial score (nSPS) is 9.77. The molecule has 0 atom stereocenters. The molecule has 1 aromatic rings. The minimum absolute atomic E-state index is 0.636. The summed E-state index contributed by atoms with van der Waals surface area (Å²) in [5.74, 6) is 6.78. The van der Waals surface area contributed by atoms with Gasteiger partial charge in [-0.05, 0) is 13.8 Å². The summed E-state index contributed by atoms with van der Waals surface area (Å²) in [5.41, 5.74) is 2.49. The highest BCUT2D eigenvalue weighted by Crippen LogP contribution is 2.12. The van der Waals surface area contributed by atoms with Crippen molar-refractivity contribution in [1.29, 1.82) is 0 Å². The van der Waals surface area contributed by atoms with Crippen molar-refractivity contribution in [1.82, 2.24) is 9.97 Å². The quantitative estimate of drug-likeness (QED) is 0.526. The van der Waals surface area contributed by atoms with Crippen molar-refractivity contribution in [2.24, 2.45) is 5.84 Å². The zero-order valence-electron chi connectivity index (χ0n) is 7.99. The zero-order chi connectivity index (χ0) is 9.68. The summed E-state index contributed by atoms with van der Waals surface area (Å²) < 4.78 is 0. The second kappa shape index (κ2) is 4.61. The van der Waals surface area contributed by atoms with Gasteiger partial charge < -0.3 is 10.3 Å². The topological polar surface area (TPSA) is 67.1 Å². The van der Waals surface area contributed by atoms with Crippen LogP contribution in [0.2, 0.25) is 0 Å². The van der Waals surface area contributed by atoms with E-state index in [0.29, 0.717) is 5.82 Å². The molecule has 0 saturated carbocycles. The summed E-state index contributed by atoms with van der Waals surface area (Å²) >= 11 is 0. The predicted octanol–water partition coefficient (Wildman–Crippen LogP) is 0.608. The van der Waals surface area contributed by atoms with Crippen molar-refractivity contribution in [2.45, 2.75) is 13.8 Å². The smallest absolute Gasteiger partial charge is 0.145 e. The largest absolute Gasteiger partial charge is 0.357 e. The molecule has 72 valence electrons.